The van der Waals surface area contributed by atoms with E-state index in [9.17, 15) is 4.79 Å². The maximum absolute atomic E-state index is 12.5. The van der Waals surface area contributed by atoms with Gasteiger partial charge in [0.15, 0.2) is 11.5 Å². The standard InChI is InChI=1S/C18H27N3O3/c1-11(9-15-12(2)20-21-13(15)3)18(22)19-10-14-5-4-6-16-17(14)24-8-7-23-16/h4-6,11-13,15,20-21H,7-10H2,1-3H3,(H,19,22). The first-order chi connectivity index (χ1) is 11.6. The van der Waals surface area contributed by atoms with Crippen molar-refractivity contribution in [2.75, 3.05) is 13.2 Å². The third kappa shape index (κ3) is 3.65. The molecule has 3 unspecified atom stereocenters. The summed E-state index contributed by atoms with van der Waals surface area (Å²) in [6.07, 6.45) is 0.862. The highest BCUT2D eigenvalue weighted by Gasteiger charge is 2.32. The van der Waals surface area contributed by atoms with Gasteiger partial charge in [-0.3, -0.25) is 15.6 Å². The average molecular weight is 333 g/mol. The minimum atomic E-state index is -0.0293. The molecule has 0 aliphatic carbocycles. The van der Waals surface area contributed by atoms with Crippen molar-refractivity contribution in [3.63, 3.8) is 0 Å². The minimum Gasteiger partial charge on any atom is -0.486 e. The molecule has 2 aliphatic rings. The Morgan fingerprint density at radius 3 is 2.71 bits per heavy atom. The lowest BCUT2D eigenvalue weighted by Crippen LogP contribution is -2.33. The number of ether oxygens (including phenoxy) is 2. The van der Waals surface area contributed by atoms with Gasteiger partial charge in [0.2, 0.25) is 5.91 Å². The summed E-state index contributed by atoms with van der Waals surface area (Å²) in [5, 5.41) is 3.04. The third-order valence-electron chi connectivity index (χ3n) is 5.00. The summed E-state index contributed by atoms with van der Waals surface area (Å²) in [4.78, 5) is 12.5. The molecule has 1 aromatic rings. The van der Waals surface area contributed by atoms with E-state index in [-0.39, 0.29) is 11.8 Å². The maximum atomic E-state index is 12.5. The molecule has 0 radical (unpaired) electrons. The summed E-state index contributed by atoms with van der Waals surface area (Å²) in [6.45, 7) is 7.87. The molecular formula is C18H27N3O3. The number of nitrogens with one attached hydrogen (secondary N) is 3. The van der Waals surface area contributed by atoms with Crippen LogP contribution in [0, 0.1) is 11.8 Å². The molecule has 0 aromatic heterocycles. The van der Waals surface area contributed by atoms with E-state index in [1.54, 1.807) is 0 Å². The van der Waals surface area contributed by atoms with Crippen LogP contribution in [0.15, 0.2) is 18.2 Å². The molecule has 0 bridgehead atoms. The van der Waals surface area contributed by atoms with Gasteiger partial charge in [-0.15, -0.1) is 0 Å². The highest BCUT2D eigenvalue weighted by Crippen LogP contribution is 2.33. The number of hydrogen-bond acceptors (Lipinski definition) is 5. The largest absolute Gasteiger partial charge is 0.486 e. The van der Waals surface area contributed by atoms with Gasteiger partial charge in [0.25, 0.3) is 0 Å². The number of benzene rings is 1. The first-order valence-corrected chi connectivity index (χ1v) is 8.72. The van der Waals surface area contributed by atoms with Crippen LogP contribution in [0.2, 0.25) is 0 Å². The summed E-state index contributed by atoms with van der Waals surface area (Å²) in [7, 11) is 0. The normalized spacial score (nSPS) is 26.9. The predicted molar refractivity (Wildman–Crippen MR) is 91.7 cm³/mol. The van der Waals surface area contributed by atoms with Gasteiger partial charge in [0.05, 0.1) is 0 Å². The van der Waals surface area contributed by atoms with Crippen molar-refractivity contribution in [2.45, 2.75) is 45.8 Å². The summed E-state index contributed by atoms with van der Waals surface area (Å²) < 4.78 is 11.3. The van der Waals surface area contributed by atoms with Gasteiger partial charge >= 0.3 is 0 Å². The topological polar surface area (TPSA) is 71.6 Å². The van der Waals surface area contributed by atoms with Crippen LogP contribution < -0.4 is 25.6 Å². The maximum Gasteiger partial charge on any atom is 0.223 e. The quantitative estimate of drug-likeness (QED) is 0.763. The van der Waals surface area contributed by atoms with E-state index in [0.29, 0.717) is 37.8 Å². The Kier molecular flexibility index (Phi) is 5.26. The lowest BCUT2D eigenvalue weighted by molar-refractivity contribution is -0.125. The van der Waals surface area contributed by atoms with Crippen molar-refractivity contribution < 1.29 is 14.3 Å². The van der Waals surface area contributed by atoms with E-state index < -0.39 is 0 Å². The first kappa shape index (κ1) is 17.0. The van der Waals surface area contributed by atoms with Crippen LogP contribution in [0.4, 0.5) is 0 Å². The van der Waals surface area contributed by atoms with Crippen LogP contribution in [0.25, 0.3) is 0 Å². The molecule has 3 N–H and O–H groups in total. The molecule has 6 nitrogen and oxygen atoms in total. The van der Waals surface area contributed by atoms with E-state index in [1.165, 1.54) is 0 Å². The number of rotatable bonds is 5. The van der Waals surface area contributed by atoms with Gasteiger partial charge in [-0.2, -0.15) is 0 Å². The Labute approximate surface area is 143 Å². The second-order valence-electron chi connectivity index (χ2n) is 6.83. The third-order valence-corrected chi connectivity index (χ3v) is 5.00. The first-order valence-electron chi connectivity index (χ1n) is 8.72. The Morgan fingerprint density at radius 1 is 1.25 bits per heavy atom. The zero-order chi connectivity index (χ0) is 17.1. The van der Waals surface area contributed by atoms with Crippen LogP contribution in [-0.2, 0) is 11.3 Å². The van der Waals surface area contributed by atoms with Gasteiger partial charge < -0.3 is 14.8 Å². The van der Waals surface area contributed by atoms with E-state index in [1.807, 2.05) is 25.1 Å². The molecule has 3 atom stereocenters. The highest BCUT2D eigenvalue weighted by molar-refractivity contribution is 5.78. The molecule has 2 aliphatic heterocycles. The lowest BCUT2D eigenvalue weighted by Gasteiger charge is -2.23. The fourth-order valence-corrected chi connectivity index (χ4v) is 3.46. The second-order valence-corrected chi connectivity index (χ2v) is 6.83. The number of hydrazine groups is 1. The molecule has 132 valence electrons. The predicted octanol–water partition coefficient (Wildman–Crippen LogP) is 1.60. The molecule has 1 fully saturated rings. The Bertz CT molecular complexity index is 583. The Hall–Kier alpha value is -1.79. The molecule has 1 aromatic carbocycles. The van der Waals surface area contributed by atoms with Crippen molar-refractivity contribution in [1.82, 2.24) is 16.2 Å². The van der Waals surface area contributed by atoms with Gasteiger partial charge in [-0.1, -0.05) is 19.1 Å². The minimum absolute atomic E-state index is 0.0293. The zero-order valence-electron chi connectivity index (χ0n) is 14.6. The molecule has 0 saturated carbocycles. The molecule has 2 heterocycles. The smallest absolute Gasteiger partial charge is 0.223 e. The molecule has 1 amide bonds. The van der Waals surface area contributed by atoms with Gasteiger partial charge in [0, 0.05) is 30.1 Å². The fourth-order valence-electron chi connectivity index (χ4n) is 3.46. The van der Waals surface area contributed by atoms with Crippen molar-refractivity contribution >= 4 is 5.91 Å². The molecule has 3 rings (SSSR count). The van der Waals surface area contributed by atoms with Crippen LogP contribution in [-0.4, -0.2) is 31.2 Å². The van der Waals surface area contributed by atoms with Gasteiger partial charge in [-0.05, 0) is 32.3 Å². The Morgan fingerprint density at radius 2 is 1.96 bits per heavy atom. The Balaban J connectivity index is 1.56. The average Bonchev–Trinajstić information content (AvgIpc) is 2.91. The van der Waals surface area contributed by atoms with Crippen molar-refractivity contribution in [3.05, 3.63) is 23.8 Å². The van der Waals surface area contributed by atoms with E-state index in [2.05, 4.69) is 30.0 Å². The van der Waals surface area contributed by atoms with Gasteiger partial charge in [0.1, 0.15) is 13.2 Å². The lowest BCUT2D eigenvalue weighted by atomic mass is 9.87. The van der Waals surface area contributed by atoms with Crippen molar-refractivity contribution in [1.29, 1.82) is 0 Å². The van der Waals surface area contributed by atoms with Gasteiger partial charge in [-0.25, -0.2) is 0 Å². The van der Waals surface area contributed by atoms with Crippen LogP contribution in [0.3, 0.4) is 0 Å². The van der Waals surface area contributed by atoms with Crippen LogP contribution in [0.1, 0.15) is 32.8 Å². The summed E-state index contributed by atoms with van der Waals surface area (Å²) in [5.41, 5.74) is 7.44. The number of carbonyl (C=O) groups excluding carboxylic acids is 1. The highest BCUT2D eigenvalue weighted by atomic mass is 16.6. The summed E-state index contributed by atoms with van der Waals surface area (Å²) in [5.74, 6) is 2.01. The van der Waals surface area contributed by atoms with Crippen molar-refractivity contribution in [3.8, 4) is 11.5 Å². The molecule has 6 heteroatoms. The van der Waals surface area contributed by atoms with Crippen LogP contribution in [0.5, 0.6) is 11.5 Å². The molecule has 24 heavy (non-hydrogen) atoms. The monoisotopic (exact) mass is 333 g/mol. The van der Waals surface area contributed by atoms with Crippen molar-refractivity contribution in [2.24, 2.45) is 11.8 Å². The number of para-hydroxylation sites is 1. The van der Waals surface area contributed by atoms with E-state index in [4.69, 9.17) is 9.47 Å². The van der Waals surface area contributed by atoms with Crippen LogP contribution >= 0.6 is 0 Å². The molecule has 0 spiro atoms. The number of carbonyl (C=O) groups is 1. The fraction of sp³-hybridized carbons (Fsp3) is 0.611. The van der Waals surface area contributed by atoms with E-state index in [0.717, 1.165) is 23.5 Å². The van der Waals surface area contributed by atoms with E-state index >= 15 is 0 Å². The number of hydrogen-bond donors (Lipinski definition) is 3. The molecule has 1 saturated heterocycles. The second kappa shape index (κ2) is 7.40. The number of fused-ring (bicyclic) bond motifs is 1. The number of amides is 1. The zero-order valence-corrected chi connectivity index (χ0v) is 14.6. The summed E-state index contributed by atoms with van der Waals surface area (Å²) in [6, 6.07) is 6.54. The summed E-state index contributed by atoms with van der Waals surface area (Å²) >= 11 is 0. The SMILES string of the molecule is CC(CC1C(C)NNC1C)C(=O)NCc1cccc2c1OCCO2. The molecular weight excluding hydrogens is 306 g/mol.